The van der Waals surface area contributed by atoms with Gasteiger partial charge in [0.1, 0.15) is 0 Å². The standard InChI is InChI=1S/C20H41N/c1-4-6-8-10-13-17-20(3,16-12-9-7-5-2)21-18-14-11-15-19-21/h4-19H2,1-3H3. The van der Waals surface area contributed by atoms with Gasteiger partial charge in [-0.3, -0.25) is 4.90 Å². The Morgan fingerprint density at radius 2 is 1.14 bits per heavy atom. The molecule has 0 N–H and O–H groups in total. The third-order valence-electron chi connectivity index (χ3n) is 5.51. The maximum atomic E-state index is 2.85. The molecule has 126 valence electrons. The van der Waals surface area contributed by atoms with Crippen LogP contribution in [0.15, 0.2) is 0 Å². The van der Waals surface area contributed by atoms with Gasteiger partial charge in [-0.15, -0.1) is 0 Å². The Balaban J connectivity index is 2.39. The summed E-state index contributed by atoms with van der Waals surface area (Å²) in [5.74, 6) is 0. The van der Waals surface area contributed by atoms with Crippen LogP contribution in [0.25, 0.3) is 0 Å². The van der Waals surface area contributed by atoms with Crippen molar-refractivity contribution in [2.24, 2.45) is 0 Å². The summed E-state index contributed by atoms with van der Waals surface area (Å²) < 4.78 is 0. The molecule has 0 aliphatic carbocycles. The predicted molar refractivity (Wildman–Crippen MR) is 96.0 cm³/mol. The summed E-state index contributed by atoms with van der Waals surface area (Å²) in [5.41, 5.74) is 0.500. The van der Waals surface area contributed by atoms with Crippen molar-refractivity contribution < 1.29 is 0 Å². The summed E-state index contributed by atoms with van der Waals surface area (Å²) in [6.45, 7) is 9.92. The number of rotatable bonds is 12. The van der Waals surface area contributed by atoms with Crippen molar-refractivity contribution in [3.63, 3.8) is 0 Å². The average molecular weight is 296 g/mol. The number of unbranched alkanes of at least 4 members (excludes halogenated alkanes) is 7. The molecule has 1 heteroatoms. The summed E-state index contributed by atoms with van der Waals surface area (Å²) in [6, 6.07) is 0. The molecule has 1 nitrogen and oxygen atoms in total. The van der Waals surface area contributed by atoms with E-state index in [0.717, 1.165) is 0 Å². The molecule has 1 aliphatic heterocycles. The van der Waals surface area contributed by atoms with Gasteiger partial charge >= 0.3 is 0 Å². The molecule has 0 bridgehead atoms. The molecule has 0 saturated carbocycles. The maximum Gasteiger partial charge on any atom is 0.0181 e. The van der Waals surface area contributed by atoms with Crippen LogP contribution in [-0.4, -0.2) is 23.5 Å². The Hall–Kier alpha value is -0.0400. The first-order valence-electron chi connectivity index (χ1n) is 9.98. The van der Waals surface area contributed by atoms with E-state index in [1.54, 1.807) is 0 Å². The third kappa shape index (κ3) is 7.68. The van der Waals surface area contributed by atoms with Crippen LogP contribution >= 0.6 is 0 Å². The summed E-state index contributed by atoms with van der Waals surface area (Å²) in [7, 11) is 0. The van der Waals surface area contributed by atoms with Gasteiger partial charge < -0.3 is 0 Å². The van der Waals surface area contributed by atoms with E-state index in [-0.39, 0.29) is 0 Å². The van der Waals surface area contributed by atoms with Gasteiger partial charge in [-0.1, -0.05) is 78.1 Å². The van der Waals surface area contributed by atoms with E-state index < -0.39 is 0 Å². The van der Waals surface area contributed by atoms with Crippen LogP contribution in [0.2, 0.25) is 0 Å². The van der Waals surface area contributed by atoms with Crippen molar-refractivity contribution in [1.29, 1.82) is 0 Å². The quantitative estimate of drug-likeness (QED) is 0.368. The van der Waals surface area contributed by atoms with E-state index >= 15 is 0 Å². The second kappa shape index (κ2) is 11.5. The lowest BCUT2D eigenvalue weighted by atomic mass is 9.85. The lowest BCUT2D eigenvalue weighted by Crippen LogP contribution is -2.48. The lowest BCUT2D eigenvalue weighted by molar-refractivity contribution is 0.0606. The molecule has 1 saturated heterocycles. The first-order valence-corrected chi connectivity index (χ1v) is 9.98. The predicted octanol–water partition coefficient (Wildman–Crippen LogP) is 6.56. The van der Waals surface area contributed by atoms with Gasteiger partial charge in [0.05, 0.1) is 0 Å². The topological polar surface area (TPSA) is 3.24 Å². The number of hydrogen-bond acceptors (Lipinski definition) is 1. The average Bonchev–Trinajstić information content (AvgIpc) is 2.52. The van der Waals surface area contributed by atoms with Crippen molar-refractivity contribution in [1.82, 2.24) is 4.90 Å². The third-order valence-corrected chi connectivity index (χ3v) is 5.51. The van der Waals surface area contributed by atoms with Crippen LogP contribution in [0.3, 0.4) is 0 Å². The van der Waals surface area contributed by atoms with E-state index in [4.69, 9.17) is 0 Å². The highest BCUT2D eigenvalue weighted by Crippen LogP contribution is 2.31. The van der Waals surface area contributed by atoms with Gasteiger partial charge in [-0.05, 0) is 45.7 Å². The first-order chi connectivity index (χ1) is 10.2. The molecule has 0 amide bonds. The Labute approximate surface area is 134 Å². The van der Waals surface area contributed by atoms with E-state index in [1.807, 2.05) is 0 Å². The van der Waals surface area contributed by atoms with Crippen molar-refractivity contribution in [3.05, 3.63) is 0 Å². The lowest BCUT2D eigenvalue weighted by Gasteiger charge is -2.44. The Morgan fingerprint density at radius 3 is 1.67 bits per heavy atom. The Morgan fingerprint density at radius 1 is 0.667 bits per heavy atom. The highest BCUT2D eigenvalue weighted by atomic mass is 15.2. The summed E-state index contributed by atoms with van der Waals surface area (Å²) in [5, 5.41) is 0. The van der Waals surface area contributed by atoms with E-state index in [1.165, 1.54) is 103 Å². The van der Waals surface area contributed by atoms with Crippen LogP contribution in [0.4, 0.5) is 0 Å². The molecular weight excluding hydrogens is 254 g/mol. The van der Waals surface area contributed by atoms with Gasteiger partial charge in [0.25, 0.3) is 0 Å². The smallest absolute Gasteiger partial charge is 0.0181 e. The Bertz CT molecular complexity index is 232. The van der Waals surface area contributed by atoms with Crippen LogP contribution in [0.1, 0.15) is 111 Å². The highest BCUT2D eigenvalue weighted by molar-refractivity contribution is 4.87. The fraction of sp³-hybridized carbons (Fsp3) is 1.00. The van der Waals surface area contributed by atoms with E-state index in [9.17, 15) is 0 Å². The number of nitrogens with zero attached hydrogens (tertiary/aromatic N) is 1. The van der Waals surface area contributed by atoms with Gasteiger partial charge in [-0.25, -0.2) is 0 Å². The van der Waals surface area contributed by atoms with Crippen molar-refractivity contribution >= 4 is 0 Å². The monoisotopic (exact) mass is 295 g/mol. The molecule has 1 aliphatic rings. The molecule has 0 aromatic carbocycles. The fourth-order valence-corrected chi connectivity index (χ4v) is 3.92. The molecule has 1 unspecified atom stereocenters. The van der Waals surface area contributed by atoms with Crippen molar-refractivity contribution in [2.75, 3.05) is 13.1 Å². The maximum absolute atomic E-state index is 2.85. The molecule has 1 atom stereocenters. The SMILES string of the molecule is CCCCCCCC(C)(CCCCCC)N1CCCCC1. The zero-order valence-electron chi connectivity index (χ0n) is 15.3. The van der Waals surface area contributed by atoms with Crippen LogP contribution < -0.4 is 0 Å². The minimum absolute atomic E-state index is 0.500. The molecule has 1 heterocycles. The zero-order chi connectivity index (χ0) is 15.4. The largest absolute Gasteiger partial charge is 0.298 e. The molecule has 1 fully saturated rings. The molecular formula is C20H41N. The molecule has 21 heavy (non-hydrogen) atoms. The molecule has 0 aromatic rings. The minimum Gasteiger partial charge on any atom is -0.298 e. The van der Waals surface area contributed by atoms with Gasteiger partial charge in [0.15, 0.2) is 0 Å². The molecule has 0 spiro atoms. The van der Waals surface area contributed by atoms with Crippen molar-refractivity contribution in [2.45, 2.75) is 116 Å². The zero-order valence-corrected chi connectivity index (χ0v) is 15.3. The van der Waals surface area contributed by atoms with Crippen LogP contribution in [0.5, 0.6) is 0 Å². The second-order valence-corrected chi connectivity index (χ2v) is 7.52. The van der Waals surface area contributed by atoms with Crippen LogP contribution in [-0.2, 0) is 0 Å². The molecule has 1 rings (SSSR count). The summed E-state index contributed by atoms with van der Waals surface area (Å²) in [6.07, 6.45) is 20.0. The number of piperidine rings is 1. The van der Waals surface area contributed by atoms with Gasteiger partial charge in [0, 0.05) is 5.54 Å². The second-order valence-electron chi connectivity index (χ2n) is 7.52. The van der Waals surface area contributed by atoms with E-state index in [0.29, 0.717) is 5.54 Å². The number of hydrogen-bond donors (Lipinski definition) is 0. The minimum atomic E-state index is 0.500. The van der Waals surface area contributed by atoms with E-state index in [2.05, 4.69) is 25.7 Å². The summed E-state index contributed by atoms with van der Waals surface area (Å²) in [4.78, 5) is 2.85. The van der Waals surface area contributed by atoms with Crippen molar-refractivity contribution in [3.8, 4) is 0 Å². The molecule has 0 aromatic heterocycles. The number of likely N-dealkylation sites (tertiary alicyclic amines) is 1. The van der Waals surface area contributed by atoms with Gasteiger partial charge in [-0.2, -0.15) is 0 Å². The molecule has 0 radical (unpaired) electrons. The summed E-state index contributed by atoms with van der Waals surface area (Å²) >= 11 is 0. The fourth-order valence-electron chi connectivity index (χ4n) is 3.92. The Kier molecular flexibility index (Phi) is 10.4. The normalized spacial score (nSPS) is 19.6. The first kappa shape index (κ1) is 19.0. The van der Waals surface area contributed by atoms with Gasteiger partial charge in [0.2, 0.25) is 0 Å². The van der Waals surface area contributed by atoms with Crippen LogP contribution in [0, 0.1) is 0 Å². The highest BCUT2D eigenvalue weighted by Gasteiger charge is 2.31.